The summed E-state index contributed by atoms with van der Waals surface area (Å²) in [6.45, 7) is 9.03. The highest BCUT2D eigenvalue weighted by atomic mass is 16.5. The van der Waals surface area contributed by atoms with Gasteiger partial charge in [0.15, 0.2) is 0 Å². The standard InChI is InChI=1S/C28H34N2O5/c1-3-17-35-23-11-9-21(10-12-23)25-24(26(31)22-7-5-20(2)6-8-22)27(32)28(33)30(25)14-4-13-29-15-18-34-19-16-29/h5-12,25,31H,3-4,13-19H2,1-2H3. The van der Waals surface area contributed by atoms with Crippen LogP contribution in [0.3, 0.4) is 0 Å². The molecule has 1 atom stereocenters. The van der Waals surface area contributed by atoms with Gasteiger partial charge in [-0.05, 0) is 37.5 Å². The van der Waals surface area contributed by atoms with E-state index >= 15 is 0 Å². The van der Waals surface area contributed by atoms with Crippen molar-refractivity contribution < 1.29 is 24.2 Å². The molecule has 1 N–H and O–H groups in total. The minimum Gasteiger partial charge on any atom is -0.507 e. The van der Waals surface area contributed by atoms with Crippen molar-refractivity contribution in [2.75, 3.05) is 46.0 Å². The van der Waals surface area contributed by atoms with Gasteiger partial charge in [-0.2, -0.15) is 0 Å². The van der Waals surface area contributed by atoms with Crippen LogP contribution in [0.25, 0.3) is 5.76 Å². The molecule has 0 spiro atoms. The fourth-order valence-corrected chi connectivity index (χ4v) is 4.58. The summed E-state index contributed by atoms with van der Waals surface area (Å²) in [5, 5.41) is 11.2. The van der Waals surface area contributed by atoms with E-state index in [-0.39, 0.29) is 11.3 Å². The number of carbonyl (C=O) groups excluding carboxylic acids is 2. The van der Waals surface area contributed by atoms with Crippen LogP contribution in [-0.2, 0) is 14.3 Å². The third-order valence-corrected chi connectivity index (χ3v) is 6.51. The number of aryl methyl sites for hydroxylation is 1. The first kappa shape index (κ1) is 24.9. The van der Waals surface area contributed by atoms with Crippen LogP contribution in [0.5, 0.6) is 5.75 Å². The minimum atomic E-state index is -0.652. The number of likely N-dealkylation sites (tertiary alicyclic amines) is 1. The Bertz CT molecular complexity index is 1060. The lowest BCUT2D eigenvalue weighted by molar-refractivity contribution is -0.140. The summed E-state index contributed by atoms with van der Waals surface area (Å²) >= 11 is 0. The zero-order valence-electron chi connectivity index (χ0n) is 20.5. The molecule has 186 valence electrons. The molecule has 1 unspecified atom stereocenters. The molecule has 7 heteroatoms. The van der Waals surface area contributed by atoms with Gasteiger partial charge < -0.3 is 19.5 Å². The highest BCUT2D eigenvalue weighted by Crippen LogP contribution is 2.40. The van der Waals surface area contributed by atoms with Gasteiger partial charge in [-0.15, -0.1) is 0 Å². The fourth-order valence-electron chi connectivity index (χ4n) is 4.58. The molecular weight excluding hydrogens is 444 g/mol. The lowest BCUT2D eigenvalue weighted by atomic mass is 9.95. The Morgan fingerprint density at radius 2 is 1.71 bits per heavy atom. The van der Waals surface area contributed by atoms with Crippen LogP contribution in [0.15, 0.2) is 54.1 Å². The average molecular weight is 479 g/mol. The number of amides is 1. The number of rotatable bonds is 9. The molecule has 7 nitrogen and oxygen atoms in total. The summed E-state index contributed by atoms with van der Waals surface area (Å²) in [4.78, 5) is 30.3. The zero-order chi connectivity index (χ0) is 24.8. The molecule has 2 aromatic carbocycles. The Morgan fingerprint density at radius 3 is 2.37 bits per heavy atom. The maximum Gasteiger partial charge on any atom is 0.295 e. The number of ketones is 1. The van der Waals surface area contributed by atoms with Gasteiger partial charge in [-0.3, -0.25) is 14.5 Å². The number of aliphatic hydroxyl groups is 1. The lowest BCUT2D eigenvalue weighted by Gasteiger charge is -2.29. The maximum atomic E-state index is 13.2. The molecule has 2 fully saturated rings. The number of nitrogens with zero attached hydrogens (tertiary/aromatic N) is 2. The van der Waals surface area contributed by atoms with Gasteiger partial charge in [-0.25, -0.2) is 0 Å². The summed E-state index contributed by atoms with van der Waals surface area (Å²) in [5.41, 5.74) is 2.47. The smallest absolute Gasteiger partial charge is 0.295 e. The van der Waals surface area contributed by atoms with E-state index in [1.165, 1.54) is 0 Å². The van der Waals surface area contributed by atoms with Gasteiger partial charge in [-0.1, -0.05) is 48.9 Å². The molecule has 2 heterocycles. The van der Waals surface area contributed by atoms with Crippen LogP contribution in [0.1, 0.15) is 42.5 Å². The van der Waals surface area contributed by atoms with Crippen molar-refractivity contribution in [1.82, 2.24) is 9.80 Å². The molecular formula is C28H34N2O5. The minimum absolute atomic E-state index is 0.132. The monoisotopic (exact) mass is 478 g/mol. The second kappa shape index (κ2) is 11.5. The summed E-state index contributed by atoms with van der Waals surface area (Å²) in [6, 6.07) is 14.1. The molecule has 0 saturated carbocycles. The molecule has 0 radical (unpaired) electrons. The molecule has 2 aliphatic rings. The second-order valence-electron chi connectivity index (χ2n) is 9.08. The number of morpholine rings is 1. The molecule has 0 aromatic heterocycles. The molecule has 1 amide bonds. The van der Waals surface area contributed by atoms with Gasteiger partial charge in [0, 0.05) is 31.7 Å². The quantitative estimate of drug-likeness (QED) is 0.334. The normalized spacial score (nSPS) is 20.4. The lowest BCUT2D eigenvalue weighted by Crippen LogP contribution is -2.38. The second-order valence-corrected chi connectivity index (χ2v) is 9.08. The van der Waals surface area contributed by atoms with E-state index in [0.717, 1.165) is 49.4 Å². The number of benzene rings is 2. The van der Waals surface area contributed by atoms with Crippen molar-refractivity contribution in [1.29, 1.82) is 0 Å². The molecule has 2 aromatic rings. The fraction of sp³-hybridized carbons (Fsp3) is 0.429. The highest BCUT2D eigenvalue weighted by Gasteiger charge is 2.45. The first-order valence-corrected chi connectivity index (χ1v) is 12.4. The van der Waals surface area contributed by atoms with Crippen LogP contribution >= 0.6 is 0 Å². The summed E-state index contributed by atoms with van der Waals surface area (Å²) < 4.78 is 11.1. The van der Waals surface area contributed by atoms with E-state index in [1.807, 2.05) is 50.2 Å². The van der Waals surface area contributed by atoms with Crippen molar-refractivity contribution in [2.24, 2.45) is 0 Å². The van der Waals surface area contributed by atoms with Crippen molar-refractivity contribution in [3.8, 4) is 5.75 Å². The first-order chi connectivity index (χ1) is 17.0. The zero-order valence-corrected chi connectivity index (χ0v) is 20.5. The average Bonchev–Trinajstić information content (AvgIpc) is 3.13. The number of aliphatic hydroxyl groups excluding tert-OH is 1. The van der Waals surface area contributed by atoms with Gasteiger partial charge in [0.2, 0.25) is 0 Å². The van der Waals surface area contributed by atoms with E-state index in [1.54, 1.807) is 17.0 Å². The van der Waals surface area contributed by atoms with Crippen LogP contribution in [0.4, 0.5) is 0 Å². The molecule has 2 aliphatic heterocycles. The van der Waals surface area contributed by atoms with Gasteiger partial charge in [0.1, 0.15) is 11.5 Å². The molecule has 35 heavy (non-hydrogen) atoms. The number of ether oxygens (including phenoxy) is 2. The van der Waals surface area contributed by atoms with E-state index in [9.17, 15) is 14.7 Å². The number of carbonyl (C=O) groups is 2. The largest absolute Gasteiger partial charge is 0.507 e. The number of hydrogen-bond acceptors (Lipinski definition) is 6. The maximum absolute atomic E-state index is 13.2. The first-order valence-electron chi connectivity index (χ1n) is 12.4. The van der Waals surface area contributed by atoms with E-state index in [0.29, 0.717) is 31.9 Å². The van der Waals surface area contributed by atoms with Crippen LogP contribution in [0.2, 0.25) is 0 Å². The highest BCUT2D eigenvalue weighted by molar-refractivity contribution is 6.46. The van der Waals surface area contributed by atoms with Crippen molar-refractivity contribution >= 4 is 17.4 Å². The Hall–Kier alpha value is -3.16. The predicted octanol–water partition coefficient (Wildman–Crippen LogP) is 3.93. The van der Waals surface area contributed by atoms with E-state index in [2.05, 4.69) is 4.90 Å². The topological polar surface area (TPSA) is 79.3 Å². The third kappa shape index (κ3) is 5.74. The molecule has 0 bridgehead atoms. The third-order valence-electron chi connectivity index (χ3n) is 6.51. The number of hydrogen-bond donors (Lipinski definition) is 1. The van der Waals surface area contributed by atoms with Crippen LogP contribution in [0, 0.1) is 6.92 Å². The SMILES string of the molecule is CCCOc1ccc(C2C(=C(O)c3ccc(C)cc3)C(=O)C(=O)N2CCCN2CCOCC2)cc1. The van der Waals surface area contributed by atoms with Gasteiger partial charge in [0.25, 0.3) is 11.7 Å². The van der Waals surface area contributed by atoms with Crippen LogP contribution in [-0.4, -0.2) is 72.6 Å². The molecule has 2 saturated heterocycles. The Balaban J connectivity index is 1.64. The number of Topliss-reactive ketones (excluding diaryl/α,β-unsaturated/α-hetero) is 1. The molecule has 0 aliphatic carbocycles. The summed E-state index contributed by atoms with van der Waals surface area (Å²) in [6.07, 6.45) is 1.63. The predicted molar refractivity (Wildman–Crippen MR) is 134 cm³/mol. The molecule has 4 rings (SSSR count). The van der Waals surface area contributed by atoms with Gasteiger partial charge >= 0.3 is 0 Å². The van der Waals surface area contributed by atoms with Crippen molar-refractivity contribution in [3.05, 3.63) is 70.8 Å². The van der Waals surface area contributed by atoms with Crippen molar-refractivity contribution in [3.63, 3.8) is 0 Å². The Morgan fingerprint density at radius 1 is 1.03 bits per heavy atom. The summed E-state index contributed by atoms with van der Waals surface area (Å²) in [5.74, 6) is -0.628. The van der Waals surface area contributed by atoms with Crippen molar-refractivity contribution in [2.45, 2.75) is 32.7 Å². The van der Waals surface area contributed by atoms with E-state index in [4.69, 9.17) is 9.47 Å². The van der Waals surface area contributed by atoms with Gasteiger partial charge in [0.05, 0.1) is 31.4 Å². The Labute approximate surface area is 206 Å². The summed E-state index contributed by atoms with van der Waals surface area (Å²) in [7, 11) is 0. The Kier molecular flexibility index (Phi) is 8.21. The van der Waals surface area contributed by atoms with Crippen LogP contribution < -0.4 is 4.74 Å². The van der Waals surface area contributed by atoms with E-state index < -0.39 is 17.7 Å².